The molecular formula is C26H36BN3O3. The summed E-state index contributed by atoms with van der Waals surface area (Å²) in [7, 11) is -0.379. The van der Waals surface area contributed by atoms with E-state index in [4.69, 9.17) is 24.8 Å². The Morgan fingerprint density at radius 1 is 1.03 bits per heavy atom. The lowest BCUT2D eigenvalue weighted by atomic mass is 9.77. The average Bonchev–Trinajstić information content (AvgIpc) is 3.23. The van der Waals surface area contributed by atoms with Crippen LogP contribution in [0.2, 0.25) is 0 Å². The Morgan fingerprint density at radius 3 is 2.36 bits per heavy atom. The molecule has 0 radical (unpaired) electrons. The highest BCUT2D eigenvalue weighted by atomic mass is 16.7. The van der Waals surface area contributed by atoms with E-state index >= 15 is 0 Å². The molecular weight excluding hydrogens is 413 g/mol. The zero-order valence-electron chi connectivity index (χ0n) is 20.9. The number of hydrogen-bond donors (Lipinski definition) is 1. The van der Waals surface area contributed by atoms with Crippen LogP contribution < -0.4 is 20.8 Å². The molecule has 7 heteroatoms. The van der Waals surface area contributed by atoms with Crippen molar-refractivity contribution >= 4 is 18.4 Å². The van der Waals surface area contributed by atoms with Crippen LogP contribution in [-0.4, -0.2) is 41.9 Å². The van der Waals surface area contributed by atoms with Crippen molar-refractivity contribution in [2.45, 2.75) is 84.8 Å². The van der Waals surface area contributed by atoms with E-state index in [1.54, 1.807) is 0 Å². The lowest BCUT2D eigenvalue weighted by Crippen LogP contribution is -2.48. The summed E-state index contributed by atoms with van der Waals surface area (Å²) in [6, 6.07) is 11.0. The van der Waals surface area contributed by atoms with Crippen molar-refractivity contribution in [3.05, 3.63) is 35.9 Å². The third-order valence-corrected chi connectivity index (χ3v) is 7.78. The summed E-state index contributed by atoms with van der Waals surface area (Å²) in [5.41, 5.74) is 10.1. The number of fused-ring (bicyclic) bond motifs is 3. The predicted molar refractivity (Wildman–Crippen MR) is 133 cm³/mol. The van der Waals surface area contributed by atoms with Crippen molar-refractivity contribution < 1.29 is 14.0 Å². The third-order valence-electron chi connectivity index (χ3n) is 7.78. The van der Waals surface area contributed by atoms with Crippen LogP contribution in [0, 0.1) is 5.41 Å². The second kappa shape index (κ2) is 7.46. The quantitative estimate of drug-likeness (QED) is 0.702. The van der Waals surface area contributed by atoms with Crippen molar-refractivity contribution in [2.24, 2.45) is 11.1 Å². The van der Waals surface area contributed by atoms with Gasteiger partial charge < -0.3 is 24.7 Å². The molecule has 0 amide bonds. The number of nitrogens with two attached hydrogens (primary N) is 1. The van der Waals surface area contributed by atoms with Crippen molar-refractivity contribution in [3.8, 4) is 17.0 Å². The SMILES string of the molecule is CC(C)(C)C1C(N)CCN1c1ccc2c(n1)OCc1cc(B3OC(C)(C)C(C)(C)O3)ccc1-2. The summed E-state index contributed by atoms with van der Waals surface area (Å²) in [6.45, 7) is 16.4. The Hall–Kier alpha value is -2.09. The smallest absolute Gasteiger partial charge is 0.472 e. The summed E-state index contributed by atoms with van der Waals surface area (Å²) in [5, 5.41) is 0. The first-order valence-electron chi connectivity index (χ1n) is 12.0. The number of ether oxygens (including phenoxy) is 1. The van der Waals surface area contributed by atoms with Gasteiger partial charge in [0.2, 0.25) is 5.88 Å². The maximum absolute atomic E-state index is 6.47. The minimum absolute atomic E-state index is 0.0743. The number of hydrogen-bond acceptors (Lipinski definition) is 6. The number of anilines is 1. The Kier molecular flexibility index (Phi) is 5.13. The van der Waals surface area contributed by atoms with Crippen molar-refractivity contribution in [2.75, 3.05) is 11.4 Å². The van der Waals surface area contributed by atoms with Gasteiger partial charge in [0, 0.05) is 18.2 Å². The van der Waals surface area contributed by atoms with E-state index in [9.17, 15) is 0 Å². The maximum Gasteiger partial charge on any atom is 0.494 e. The molecule has 0 saturated carbocycles. The maximum atomic E-state index is 6.47. The van der Waals surface area contributed by atoms with Gasteiger partial charge in [-0.2, -0.15) is 4.98 Å². The lowest BCUT2D eigenvalue weighted by molar-refractivity contribution is 0.00578. The van der Waals surface area contributed by atoms with Crippen LogP contribution in [0.3, 0.4) is 0 Å². The zero-order chi connectivity index (χ0) is 23.8. The summed E-state index contributed by atoms with van der Waals surface area (Å²) < 4.78 is 18.6. The fourth-order valence-corrected chi connectivity index (χ4v) is 5.36. The van der Waals surface area contributed by atoms with Crippen LogP contribution in [0.1, 0.15) is 60.5 Å². The van der Waals surface area contributed by atoms with E-state index in [-0.39, 0.29) is 35.8 Å². The van der Waals surface area contributed by atoms with Crippen LogP contribution in [0.15, 0.2) is 30.3 Å². The minimum Gasteiger partial charge on any atom is -0.472 e. The van der Waals surface area contributed by atoms with Gasteiger partial charge in [0.15, 0.2) is 0 Å². The number of pyridine rings is 1. The molecule has 6 nitrogen and oxygen atoms in total. The third kappa shape index (κ3) is 3.74. The molecule has 0 aliphatic carbocycles. The molecule has 0 bridgehead atoms. The molecule has 2 saturated heterocycles. The molecule has 2 atom stereocenters. The zero-order valence-corrected chi connectivity index (χ0v) is 20.9. The predicted octanol–water partition coefficient (Wildman–Crippen LogP) is 3.89. The van der Waals surface area contributed by atoms with Gasteiger partial charge in [0.1, 0.15) is 12.4 Å². The average molecular weight is 449 g/mol. The standard InChI is InChI=1S/C26H36BN3O3/c1-24(2,3)22-20(28)12-13-30(22)21-11-10-19-18-9-8-17(14-16(18)15-31-23(19)29-21)27-32-25(4,5)26(6,7)33-27/h8-11,14,20,22H,12-13,15,28H2,1-7H3. The molecule has 3 aliphatic heterocycles. The highest BCUT2D eigenvalue weighted by Gasteiger charge is 2.51. The molecule has 1 aromatic heterocycles. The van der Waals surface area contributed by atoms with Gasteiger partial charge in [-0.3, -0.25) is 0 Å². The second-order valence-corrected chi connectivity index (χ2v) is 11.8. The second-order valence-electron chi connectivity index (χ2n) is 11.8. The Balaban J connectivity index is 1.43. The first-order chi connectivity index (χ1) is 15.4. The topological polar surface area (TPSA) is 69.8 Å². The largest absolute Gasteiger partial charge is 0.494 e. The van der Waals surface area contributed by atoms with Crippen molar-refractivity contribution in [3.63, 3.8) is 0 Å². The minimum atomic E-state index is -0.379. The highest BCUT2D eigenvalue weighted by molar-refractivity contribution is 6.62. The van der Waals surface area contributed by atoms with Crippen molar-refractivity contribution in [1.29, 1.82) is 0 Å². The number of rotatable bonds is 2. The first-order valence-corrected chi connectivity index (χ1v) is 12.0. The van der Waals surface area contributed by atoms with Crippen LogP contribution in [0.4, 0.5) is 5.82 Å². The lowest BCUT2D eigenvalue weighted by Gasteiger charge is -2.38. The molecule has 176 valence electrons. The molecule has 4 heterocycles. The Morgan fingerprint density at radius 2 is 1.70 bits per heavy atom. The van der Waals surface area contributed by atoms with Crippen LogP contribution in [-0.2, 0) is 15.9 Å². The van der Waals surface area contributed by atoms with E-state index < -0.39 is 0 Å². The van der Waals surface area contributed by atoms with E-state index in [0.717, 1.165) is 40.9 Å². The molecule has 2 unspecified atom stereocenters. The van der Waals surface area contributed by atoms with E-state index in [2.05, 4.69) is 83.7 Å². The molecule has 2 fully saturated rings. The molecule has 33 heavy (non-hydrogen) atoms. The van der Waals surface area contributed by atoms with Gasteiger partial charge >= 0.3 is 7.12 Å². The Labute approximate surface area is 197 Å². The summed E-state index contributed by atoms with van der Waals surface area (Å²) >= 11 is 0. The van der Waals surface area contributed by atoms with Crippen LogP contribution in [0.5, 0.6) is 5.88 Å². The van der Waals surface area contributed by atoms with Gasteiger partial charge in [0.25, 0.3) is 0 Å². The van der Waals surface area contributed by atoms with E-state index in [1.165, 1.54) is 0 Å². The van der Waals surface area contributed by atoms with Crippen molar-refractivity contribution in [1.82, 2.24) is 4.98 Å². The molecule has 0 spiro atoms. The molecule has 1 aromatic carbocycles. The Bertz CT molecular complexity index is 1060. The number of nitrogens with zero attached hydrogens (tertiary/aromatic N) is 2. The first kappa shape index (κ1) is 22.7. The summed E-state index contributed by atoms with van der Waals surface area (Å²) in [4.78, 5) is 7.28. The van der Waals surface area contributed by atoms with Gasteiger partial charge in [-0.15, -0.1) is 0 Å². The fourth-order valence-electron chi connectivity index (χ4n) is 5.36. The monoisotopic (exact) mass is 449 g/mol. The van der Waals surface area contributed by atoms with Gasteiger partial charge in [-0.05, 0) is 68.3 Å². The number of benzene rings is 1. The van der Waals surface area contributed by atoms with Gasteiger partial charge in [-0.25, -0.2) is 0 Å². The molecule has 2 aromatic rings. The summed E-state index contributed by atoms with van der Waals surface area (Å²) in [5.74, 6) is 1.63. The van der Waals surface area contributed by atoms with E-state index in [0.29, 0.717) is 12.5 Å². The van der Waals surface area contributed by atoms with Gasteiger partial charge in [0.05, 0.1) is 17.2 Å². The number of aromatic nitrogens is 1. The van der Waals surface area contributed by atoms with Gasteiger partial charge in [-0.1, -0.05) is 39.0 Å². The highest BCUT2D eigenvalue weighted by Crippen LogP contribution is 2.41. The normalized spacial score (nSPS) is 25.6. The van der Waals surface area contributed by atoms with Crippen LogP contribution in [0.25, 0.3) is 11.1 Å². The molecule has 2 N–H and O–H groups in total. The van der Waals surface area contributed by atoms with Crippen LogP contribution >= 0.6 is 0 Å². The molecule has 5 rings (SSSR count). The molecule has 3 aliphatic rings. The fraction of sp³-hybridized carbons (Fsp3) is 0.577. The summed E-state index contributed by atoms with van der Waals surface area (Å²) in [6.07, 6.45) is 0.978. The van der Waals surface area contributed by atoms with E-state index in [1.807, 2.05) is 0 Å².